The second-order valence-corrected chi connectivity index (χ2v) is 5.82. The van der Waals surface area contributed by atoms with Crippen molar-refractivity contribution in [1.82, 2.24) is 9.78 Å². The number of carbonyl (C=O) groups is 1. The lowest BCUT2D eigenvalue weighted by molar-refractivity contribution is 0.247. The predicted molar refractivity (Wildman–Crippen MR) is 89.9 cm³/mol. The van der Waals surface area contributed by atoms with Crippen LogP contribution in [-0.2, 0) is 0 Å². The Morgan fingerprint density at radius 1 is 1.27 bits per heavy atom. The van der Waals surface area contributed by atoms with Crippen LogP contribution in [-0.4, -0.2) is 15.8 Å². The molecule has 2 N–H and O–H groups in total. The minimum absolute atomic E-state index is 0.358. The van der Waals surface area contributed by atoms with Gasteiger partial charge in [0.05, 0.1) is 5.69 Å². The third-order valence-electron chi connectivity index (χ3n) is 4.12. The Morgan fingerprint density at radius 2 is 1.95 bits per heavy atom. The van der Waals surface area contributed by atoms with E-state index in [0.29, 0.717) is 5.92 Å². The Kier molecular flexibility index (Phi) is 5.36. The molecule has 2 aromatic rings. The van der Waals surface area contributed by atoms with Crippen LogP contribution in [0.25, 0.3) is 11.1 Å². The highest BCUT2D eigenvalue weighted by molar-refractivity contribution is 5.77. The molecule has 4 nitrogen and oxygen atoms in total. The maximum absolute atomic E-state index is 11.5. The molecule has 0 bridgehead atoms. The van der Waals surface area contributed by atoms with Crippen molar-refractivity contribution in [2.24, 2.45) is 5.73 Å². The van der Waals surface area contributed by atoms with E-state index >= 15 is 0 Å². The van der Waals surface area contributed by atoms with Gasteiger partial charge in [-0.3, -0.25) is 0 Å². The molecule has 0 aliphatic carbocycles. The topological polar surface area (TPSA) is 60.9 Å². The molecule has 1 aromatic heterocycles. The molecule has 0 saturated heterocycles. The average Bonchev–Trinajstić information content (AvgIpc) is 2.94. The lowest BCUT2D eigenvalue weighted by Crippen LogP contribution is -2.20. The van der Waals surface area contributed by atoms with Crippen LogP contribution in [0.1, 0.15) is 56.7 Å². The van der Waals surface area contributed by atoms with Crippen LogP contribution in [0.4, 0.5) is 4.79 Å². The van der Waals surface area contributed by atoms with Crippen LogP contribution in [0.3, 0.4) is 0 Å². The molecule has 118 valence electrons. The summed E-state index contributed by atoms with van der Waals surface area (Å²) in [5.41, 5.74) is 9.70. The van der Waals surface area contributed by atoms with Crippen LogP contribution in [0, 0.1) is 6.92 Å². The van der Waals surface area contributed by atoms with Crippen molar-refractivity contribution in [2.45, 2.75) is 52.4 Å². The number of benzene rings is 1. The summed E-state index contributed by atoms with van der Waals surface area (Å²) in [6, 6.07) is 7.77. The van der Waals surface area contributed by atoms with Crippen LogP contribution in [0.2, 0.25) is 0 Å². The van der Waals surface area contributed by atoms with Gasteiger partial charge in [-0.25, -0.2) is 4.79 Å². The van der Waals surface area contributed by atoms with Gasteiger partial charge in [-0.2, -0.15) is 9.78 Å². The van der Waals surface area contributed by atoms with Crippen molar-refractivity contribution < 1.29 is 4.79 Å². The first kappa shape index (κ1) is 16.3. The summed E-state index contributed by atoms with van der Waals surface area (Å²) in [6.45, 7) is 6.42. The van der Waals surface area contributed by atoms with E-state index in [1.54, 1.807) is 6.20 Å². The molecule has 1 atom stereocenters. The minimum atomic E-state index is -0.537. The SMILES string of the molecule is CCCCC(CC)c1nn(C(N)=O)cc1-c1ccc(C)cc1. The van der Waals surface area contributed by atoms with Gasteiger partial charge in [0.2, 0.25) is 0 Å². The molecule has 0 fully saturated rings. The molecule has 1 unspecified atom stereocenters. The van der Waals surface area contributed by atoms with Gasteiger partial charge in [0, 0.05) is 17.7 Å². The van der Waals surface area contributed by atoms with Crippen LogP contribution < -0.4 is 5.73 Å². The molecule has 22 heavy (non-hydrogen) atoms. The second kappa shape index (κ2) is 7.25. The molecule has 0 aliphatic heterocycles. The van der Waals surface area contributed by atoms with Gasteiger partial charge >= 0.3 is 6.03 Å². The molecule has 0 spiro atoms. The Morgan fingerprint density at radius 3 is 2.50 bits per heavy atom. The highest BCUT2D eigenvalue weighted by atomic mass is 16.2. The molecule has 1 amide bonds. The lowest BCUT2D eigenvalue weighted by Gasteiger charge is -2.14. The molecular formula is C18H25N3O. The molecule has 2 rings (SSSR count). The Labute approximate surface area is 132 Å². The van der Waals surface area contributed by atoms with Crippen LogP contribution >= 0.6 is 0 Å². The zero-order chi connectivity index (χ0) is 16.1. The molecule has 0 aliphatic rings. The first-order valence-corrected chi connectivity index (χ1v) is 8.03. The maximum Gasteiger partial charge on any atom is 0.339 e. The molecule has 4 heteroatoms. The highest BCUT2D eigenvalue weighted by Gasteiger charge is 2.20. The van der Waals surface area contributed by atoms with Crippen LogP contribution in [0.15, 0.2) is 30.5 Å². The fraction of sp³-hybridized carbons (Fsp3) is 0.444. The summed E-state index contributed by atoms with van der Waals surface area (Å²) in [4.78, 5) is 11.5. The van der Waals surface area contributed by atoms with E-state index in [0.717, 1.165) is 42.5 Å². The summed E-state index contributed by atoms with van der Waals surface area (Å²) in [6.07, 6.45) is 6.18. The number of primary amides is 1. The van der Waals surface area contributed by atoms with Crippen molar-refractivity contribution in [3.63, 3.8) is 0 Å². The Bertz CT molecular complexity index is 628. The second-order valence-electron chi connectivity index (χ2n) is 5.82. The van der Waals surface area contributed by atoms with E-state index in [1.807, 2.05) is 0 Å². The fourth-order valence-corrected chi connectivity index (χ4v) is 2.74. The third-order valence-corrected chi connectivity index (χ3v) is 4.12. The number of aromatic nitrogens is 2. The number of hydrogen-bond donors (Lipinski definition) is 1. The Hall–Kier alpha value is -2.10. The molecule has 0 radical (unpaired) electrons. The minimum Gasteiger partial charge on any atom is -0.350 e. The number of carbonyl (C=O) groups excluding carboxylic acids is 1. The molecular weight excluding hydrogens is 274 g/mol. The lowest BCUT2D eigenvalue weighted by atomic mass is 9.91. The van der Waals surface area contributed by atoms with Gasteiger partial charge in [0.1, 0.15) is 0 Å². The van der Waals surface area contributed by atoms with E-state index < -0.39 is 6.03 Å². The number of nitrogens with zero attached hydrogens (tertiary/aromatic N) is 2. The number of amides is 1. The van der Waals surface area contributed by atoms with Gasteiger partial charge < -0.3 is 5.73 Å². The number of unbranched alkanes of at least 4 members (excludes halogenated alkanes) is 1. The predicted octanol–water partition coefficient (Wildman–Crippen LogP) is 4.47. The summed E-state index contributed by atoms with van der Waals surface area (Å²) in [5, 5.41) is 4.47. The van der Waals surface area contributed by atoms with Gasteiger partial charge in [0.25, 0.3) is 0 Å². The third kappa shape index (κ3) is 3.56. The normalized spacial score (nSPS) is 12.3. The van der Waals surface area contributed by atoms with E-state index in [4.69, 9.17) is 5.73 Å². The molecule has 1 heterocycles. The zero-order valence-electron chi connectivity index (χ0n) is 13.7. The largest absolute Gasteiger partial charge is 0.350 e. The van der Waals surface area contributed by atoms with Crippen molar-refractivity contribution >= 4 is 6.03 Å². The number of aryl methyl sites for hydroxylation is 1. The van der Waals surface area contributed by atoms with Crippen molar-refractivity contribution in [1.29, 1.82) is 0 Å². The quantitative estimate of drug-likeness (QED) is 0.855. The first-order valence-electron chi connectivity index (χ1n) is 8.03. The van der Waals surface area contributed by atoms with Gasteiger partial charge in [-0.15, -0.1) is 0 Å². The highest BCUT2D eigenvalue weighted by Crippen LogP contribution is 2.33. The maximum atomic E-state index is 11.5. The summed E-state index contributed by atoms with van der Waals surface area (Å²) >= 11 is 0. The summed E-state index contributed by atoms with van der Waals surface area (Å²) in [5.74, 6) is 0.358. The van der Waals surface area contributed by atoms with Crippen molar-refractivity contribution in [3.8, 4) is 11.1 Å². The van der Waals surface area contributed by atoms with Gasteiger partial charge in [0.15, 0.2) is 0 Å². The average molecular weight is 299 g/mol. The van der Waals surface area contributed by atoms with E-state index in [2.05, 4.69) is 50.1 Å². The fourth-order valence-electron chi connectivity index (χ4n) is 2.74. The van der Waals surface area contributed by atoms with Crippen molar-refractivity contribution in [2.75, 3.05) is 0 Å². The van der Waals surface area contributed by atoms with E-state index in [-0.39, 0.29) is 0 Å². The summed E-state index contributed by atoms with van der Waals surface area (Å²) in [7, 11) is 0. The zero-order valence-corrected chi connectivity index (χ0v) is 13.7. The number of hydrogen-bond acceptors (Lipinski definition) is 2. The summed E-state index contributed by atoms with van der Waals surface area (Å²) < 4.78 is 1.26. The first-order chi connectivity index (χ1) is 10.6. The van der Waals surface area contributed by atoms with Crippen LogP contribution in [0.5, 0.6) is 0 Å². The van der Waals surface area contributed by atoms with Gasteiger partial charge in [-0.05, 0) is 25.3 Å². The monoisotopic (exact) mass is 299 g/mol. The van der Waals surface area contributed by atoms with Gasteiger partial charge in [-0.1, -0.05) is 56.5 Å². The Balaban J connectivity index is 2.46. The van der Waals surface area contributed by atoms with E-state index in [1.165, 1.54) is 10.2 Å². The van der Waals surface area contributed by atoms with E-state index in [9.17, 15) is 4.79 Å². The van der Waals surface area contributed by atoms with Crippen molar-refractivity contribution in [3.05, 3.63) is 41.7 Å². The molecule has 1 aromatic carbocycles. The number of nitrogens with two attached hydrogens (primary N) is 1. The molecule has 0 saturated carbocycles. The number of rotatable bonds is 6. The smallest absolute Gasteiger partial charge is 0.339 e. The standard InChI is InChI=1S/C18H25N3O/c1-4-6-7-14(5-2)17-16(12-21(20-17)18(19)22)15-10-8-13(3)9-11-15/h8-12,14H,4-7H2,1-3H3,(H2,19,22).